The molecule has 2 rings (SSSR count). The summed E-state index contributed by atoms with van der Waals surface area (Å²) in [6.07, 6.45) is 7.45. The maximum Gasteiger partial charge on any atom is 0.270 e. The molecule has 0 spiro atoms. The molecule has 0 N–H and O–H groups in total. The molecule has 0 saturated carbocycles. The van der Waals surface area contributed by atoms with Crippen LogP contribution in [0.25, 0.3) is 10.1 Å². The zero-order valence-corrected chi connectivity index (χ0v) is 12.9. The van der Waals surface area contributed by atoms with Crippen molar-refractivity contribution in [2.75, 3.05) is 0 Å². The Kier molecular flexibility index (Phi) is 5.46. The van der Waals surface area contributed by atoms with Crippen LogP contribution in [-0.2, 0) is 6.54 Å². The first kappa shape index (κ1) is 14.6. The van der Waals surface area contributed by atoms with Crippen molar-refractivity contribution in [3.05, 3.63) is 33.6 Å². The standard InChI is InChI=1S/C15H20ClNOS/c1-2-3-4-5-6-7-11-17-15(18)14-12(16)9-8-10-13(14)19-17/h8-10H,2-7,11H2,1H3. The van der Waals surface area contributed by atoms with E-state index in [1.165, 1.54) is 43.6 Å². The summed E-state index contributed by atoms with van der Waals surface area (Å²) in [6, 6.07) is 5.65. The van der Waals surface area contributed by atoms with E-state index in [1.807, 2.05) is 16.1 Å². The summed E-state index contributed by atoms with van der Waals surface area (Å²) in [5, 5.41) is 1.25. The third kappa shape index (κ3) is 3.61. The van der Waals surface area contributed by atoms with Crippen LogP contribution in [-0.4, -0.2) is 3.96 Å². The number of aromatic nitrogens is 1. The van der Waals surface area contributed by atoms with Gasteiger partial charge in [-0.2, -0.15) is 0 Å². The Morgan fingerprint density at radius 1 is 1.16 bits per heavy atom. The minimum absolute atomic E-state index is 0.0687. The zero-order valence-electron chi connectivity index (χ0n) is 11.3. The number of fused-ring (bicyclic) bond motifs is 1. The van der Waals surface area contributed by atoms with Crippen LogP contribution in [0.1, 0.15) is 45.4 Å². The van der Waals surface area contributed by atoms with Crippen LogP contribution in [0, 0.1) is 0 Å². The van der Waals surface area contributed by atoms with Gasteiger partial charge in [0.2, 0.25) is 0 Å². The number of unbranched alkanes of at least 4 members (excludes halogenated alkanes) is 5. The average Bonchev–Trinajstić information content (AvgIpc) is 2.72. The molecular weight excluding hydrogens is 278 g/mol. The van der Waals surface area contributed by atoms with Crippen LogP contribution >= 0.6 is 23.1 Å². The fraction of sp³-hybridized carbons (Fsp3) is 0.533. The molecule has 0 aliphatic carbocycles. The maximum absolute atomic E-state index is 12.2. The molecule has 0 atom stereocenters. The quantitative estimate of drug-likeness (QED) is 0.653. The Hall–Kier alpha value is -0.800. The summed E-state index contributed by atoms with van der Waals surface area (Å²) in [4.78, 5) is 12.2. The second-order valence-corrected chi connectivity index (χ2v) is 6.35. The summed E-state index contributed by atoms with van der Waals surface area (Å²) < 4.78 is 2.83. The lowest BCUT2D eigenvalue weighted by Gasteiger charge is -2.00. The van der Waals surface area contributed by atoms with E-state index in [1.54, 1.807) is 6.07 Å². The first-order valence-corrected chi connectivity index (χ1v) is 8.17. The Morgan fingerprint density at radius 3 is 2.63 bits per heavy atom. The van der Waals surface area contributed by atoms with Crippen molar-refractivity contribution in [1.29, 1.82) is 0 Å². The van der Waals surface area contributed by atoms with E-state index < -0.39 is 0 Å². The van der Waals surface area contributed by atoms with Gasteiger partial charge in [-0.05, 0) is 18.6 Å². The SMILES string of the molecule is CCCCCCCCn1sc2cccc(Cl)c2c1=O. The third-order valence-electron chi connectivity index (χ3n) is 3.34. The second-order valence-electron chi connectivity index (χ2n) is 4.88. The molecule has 0 fully saturated rings. The van der Waals surface area contributed by atoms with Gasteiger partial charge in [-0.25, -0.2) is 0 Å². The largest absolute Gasteiger partial charge is 0.270 e. The summed E-state index contributed by atoms with van der Waals surface area (Å²) in [6.45, 7) is 3.04. The van der Waals surface area contributed by atoms with Crippen molar-refractivity contribution in [2.45, 2.75) is 52.0 Å². The highest BCUT2D eigenvalue weighted by Gasteiger charge is 2.09. The Labute approximate surface area is 123 Å². The molecule has 1 aromatic carbocycles. The molecule has 2 nitrogen and oxygen atoms in total. The van der Waals surface area contributed by atoms with Crippen LogP contribution in [0.2, 0.25) is 5.02 Å². The van der Waals surface area contributed by atoms with Crippen LogP contribution in [0.3, 0.4) is 0 Å². The van der Waals surface area contributed by atoms with Gasteiger partial charge in [-0.1, -0.05) is 68.2 Å². The van der Waals surface area contributed by atoms with E-state index in [4.69, 9.17) is 11.6 Å². The Bertz CT molecular complexity index is 587. The third-order valence-corrected chi connectivity index (χ3v) is 4.76. The van der Waals surface area contributed by atoms with Crippen LogP contribution in [0.4, 0.5) is 0 Å². The molecule has 2 aromatic rings. The van der Waals surface area contributed by atoms with Gasteiger partial charge in [0.25, 0.3) is 5.56 Å². The van der Waals surface area contributed by atoms with E-state index >= 15 is 0 Å². The summed E-state index contributed by atoms with van der Waals surface area (Å²) >= 11 is 7.61. The Balaban J connectivity index is 1.96. The van der Waals surface area contributed by atoms with Gasteiger partial charge in [-0.3, -0.25) is 8.75 Å². The number of hydrogen-bond acceptors (Lipinski definition) is 2. The van der Waals surface area contributed by atoms with Gasteiger partial charge < -0.3 is 0 Å². The lowest BCUT2D eigenvalue weighted by molar-refractivity contribution is 0.569. The van der Waals surface area contributed by atoms with Crippen molar-refractivity contribution < 1.29 is 0 Å². The minimum atomic E-state index is 0.0687. The average molecular weight is 298 g/mol. The molecule has 0 aliphatic rings. The van der Waals surface area contributed by atoms with E-state index in [0.717, 1.165) is 17.7 Å². The summed E-state index contributed by atoms with van der Waals surface area (Å²) in [5.74, 6) is 0. The van der Waals surface area contributed by atoms with Crippen LogP contribution in [0.5, 0.6) is 0 Å². The van der Waals surface area contributed by atoms with Gasteiger partial charge in [0.1, 0.15) is 0 Å². The smallest absolute Gasteiger partial charge is 0.268 e. The van der Waals surface area contributed by atoms with Crippen molar-refractivity contribution in [3.8, 4) is 0 Å². The molecule has 1 heterocycles. The van der Waals surface area contributed by atoms with Gasteiger partial charge in [0, 0.05) is 6.54 Å². The molecule has 0 aliphatic heterocycles. The van der Waals surface area contributed by atoms with E-state index in [0.29, 0.717) is 10.4 Å². The normalized spacial score (nSPS) is 11.3. The van der Waals surface area contributed by atoms with Crippen molar-refractivity contribution in [3.63, 3.8) is 0 Å². The highest BCUT2D eigenvalue weighted by molar-refractivity contribution is 7.14. The molecule has 19 heavy (non-hydrogen) atoms. The molecule has 0 amide bonds. The predicted molar refractivity (Wildman–Crippen MR) is 84.5 cm³/mol. The van der Waals surface area contributed by atoms with Gasteiger partial charge in [0.05, 0.1) is 15.1 Å². The minimum Gasteiger partial charge on any atom is -0.268 e. The topological polar surface area (TPSA) is 22.0 Å². The zero-order chi connectivity index (χ0) is 13.7. The summed E-state index contributed by atoms with van der Waals surface area (Å²) in [7, 11) is 0. The number of aryl methyl sites for hydroxylation is 1. The van der Waals surface area contributed by atoms with Crippen molar-refractivity contribution >= 4 is 33.2 Å². The van der Waals surface area contributed by atoms with Crippen LogP contribution < -0.4 is 5.56 Å². The molecule has 104 valence electrons. The van der Waals surface area contributed by atoms with Gasteiger partial charge in [0.15, 0.2) is 0 Å². The van der Waals surface area contributed by atoms with E-state index in [-0.39, 0.29) is 5.56 Å². The van der Waals surface area contributed by atoms with E-state index in [2.05, 4.69) is 6.92 Å². The Morgan fingerprint density at radius 2 is 1.89 bits per heavy atom. The summed E-state index contributed by atoms with van der Waals surface area (Å²) in [5.41, 5.74) is 0.0687. The van der Waals surface area contributed by atoms with E-state index in [9.17, 15) is 4.79 Å². The molecule has 0 radical (unpaired) electrons. The molecular formula is C15H20ClNOS. The number of nitrogens with zero attached hydrogens (tertiary/aromatic N) is 1. The first-order chi connectivity index (χ1) is 9.24. The van der Waals surface area contributed by atoms with Crippen molar-refractivity contribution in [2.24, 2.45) is 0 Å². The molecule has 0 bridgehead atoms. The highest BCUT2D eigenvalue weighted by atomic mass is 35.5. The lowest BCUT2D eigenvalue weighted by Crippen LogP contribution is -2.13. The number of benzene rings is 1. The monoisotopic (exact) mass is 297 g/mol. The van der Waals surface area contributed by atoms with Crippen molar-refractivity contribution in [1.82, 2.24) is 3.96 Å². The number of rotatable bonds is 7. The fourth-order valence-corrected chi connectivity index (χ4v) is 3.63. The van der Waals surface area contributed by atoms with Gasteiger partial charge in [-0.15, -0.1) is 0 Å². The number of hydrogen-bond donors (Lipinski definition) is 0. The molecule has 4 heteroatoms. The van der Waals surface area contributed by atoms with Gasteiger partial charge >= 0.3 is 0 Å². The predicted octanol–water partition coefficient (Wildman–Crippen LogP) is 5.08. The highest BCUT2D eigenvalue weighted by Crippen LogP contribution is 2.24. The van der Waals surface area contributed by atoms with Crippen LogP contribution in [0.15, 0.2) is 23.0 Å². The first-order valence-electron chi connectivity index (χ1n) is 7.02. The number of halogens is 1. The lowest BCUT2D eigenvalue weighted by atomic mass is 10.1. The fourth-order valence-electron chi connectivity index (χ4n) is 2.26. The molecule has 0 saturated heterocycles. The molecule has 1 aromatic heterocycles. The second kappa shape index (κ2) is 7.11. The maximum atomic E-state index is 12.2. The molecule has 0 unspecified atom stereocenters.